The van der Waals surface area contributed by atoms with Crippen molar-refractivity contribution in [3.05, 3.63) is 30.0 Å². The zero-order valence-corrected chi connectivity index (χ0v) is 11.5. The first-order chi connectivity index (χ1) is 9.29. The molecule has 3 heteroatoms. The number of aryl methyl sites for hydroxylation is 1. The van der Waals surface area contributed by atoms with Gasteiger partial charge in [0, 0.05) is 30.7 Å². The first kappa shape index (κ1) is 12.5. The van der Waals surface area contributed by atoms with E-state index < -0.39 is 0 Å². The summed E-state index contributed by atoms with van der Waals surface area (Å²) in [5.74, 6) is 0.381. The fraction of sp³-hybridized carbons (Fsp3) is 0.500. The smallest absolute Gasteiger partial charge is 0.139 e. The van der Waals surface area contributed by atoms with Crippen molar-refractivity contribution in [3.63, 3.8) is 0 Å². The van der Waals surface area contributed by atoms with Crippen LogP contribution in [0.2, 0.25) is 0 Å². The summed E-state index contributed by atoms with van der Waals surface area (Å²) in [5, 5.41) is 14.9. The molecule has 3 rings (SSSR count). The van der Waals surface area contributed by atoms with E-state index in [4.69, 9.17) is 0 Å². The lowest BCUT2D eigenvalue weighted by Crippen LogP contribution is -2.25. The highest BCUT2D eigenvalue weighted by molar-refractivity contribution is 5.88. The van der Waals surface area contributed by atoms with E-state index in [1.54, 1.807) is 6.07 Å². The molecule has 1 aliphatic carbocycles. The Morgan fingerprint density at radius 1 is 1.32 bits per heavy atom. The van der Waals surface area contributed by atoms with Gasteiger partial charge in [0.05, 0.1) is 5.52 Å². The van der Waals surface area contributed by atoms with Crippen molar-refractivity contribution in [2.45, 2.75) is 51.7 Å². The quantitative estimate of drug-likeness (QED) is 0.882. The molecule has 0 unspecified atom stereocenters. The van der Waals surface area contributed by atoms with Crippen LogP contribution in [0.5, 0.6) is 5.75 Å². The van der Waals surface area contributed by atoms with Crippen LogP contribution in [-0.4, -0.2) is 15.7 Å². The molecule has 1 aliphatic rings. The Bertz CT molecular complexity index is 567. The van der Waals surface area contributed by atoms with Gasteiger partial charge < -0.3 is 15.0 Å². The SMILES string of the molecule is CCn1cc(CNC2CCCC2)c2cccc(O)c21. The van der Waals surface area contributed by atoms with Crippen LogP contribution in [0, 0.1) is 0 Å². The third-order valence-electron chi connectivity index (χ3n) is 4.24. The summed E-state index contributed by atoms with van der Waals surface area (Å²) in [6.45, 7) is 3.90. The number of rotatable bonds is 4. The molecule has 1 aromatic heterocycles. The maximum atomic E-state index is 10.0. The van der Waals surface area contributed by atoms with Crippen molar-refractivity contribution >= 4 is 10.9 Å². The number of aromatic nitrogens is 1. The molecule has 19 heavy (non-hydrogen) atoms. The molecule has 1 fully saturated rings. The molecule has 0 atom stereocenters. The van der Waals surface area contributed by atoms with Crippen LogP contribution in [0.1, 0.15) is 38.2 Å². The van der Waals surface area contributed by atoms with Crippen molar-refractivity contribution < 1.29 is 5.11 Å². The fourth-order valence-corrected chi connectivity index (χ4v) is 3.19. The number of aromatic hydroxyl groups is 1. The topological polar surface area (TPSA) is 37.2 Å². The van der Waals surface area contributed by atoms with Gasteiger partial charge in [-0.1, -0.05) is 25.0 Å². The van der Waals surface area contributed by atoms with Crippen LogP contribution in [0.25, 0.3) is 10.9 Å². The summed E-state index contributed by atoms with van der Waals surface area (Å²) in [7, 11) is 0. The number of phenolic OH excluding ortho intramolecular Hbond substituents is 1. The van der Waals surface area contributed by atoms with Crippen LogP contribution < -0.4 is 5.32 Å². The zero-order chi connectivity index (χ0) is 13.2. The summed E-state index contributed by atoms with van der Waals surface area (Å²) < 4.78 is 2.14. The molecule has 2 N–H and O–H groups in total. The van der Waals surface area contributed by atoms with Crippen LogP contribution in [0.4, 0.5) is 0 Å². The first-order valence-electron chi connectivity index (χ1n) is 7.32. The van der Waals surface area contributed by atoms with Gasteiger partial charge >= 0.3 is 0 Å². The number of benzene rings is 1. The van der Waals surface area contributed by atoms with Crippen molar-refractivity contribution in [2.75, 3.05) is 0 Å². The number of hydrogen-bond donors (Lipinski definition) is 2. The van der Waals surface area contributed by atoms with Gasteiger partial charge in [0.15, 0.2) is 0 Å². The van der Waals surface area contributed by atoms with Gasteiger partial charge in [0.1, 0.15) is 5.75 Å². The predicted molar refractivity (Wildman–Crippen MR) is 78.4 cm³/mol. The minimum atomic E-state index is 0.381. The highest BCUT2D eigenvalue weighted by atomic mass is 16.3. The van der Waals surface area contributed by atoms with Gasteiger partial charge in [-0.3, -0.25) is 0 Å². The molecule has 0 saturated heterocycles. The second-order valence-corrected chi connectivity index (χ2v) is 5.48. The molecular weight excluding hydrogens is 236 g/mol. The van der Waals surface area contributed by atoms with Gasteiger partial charge in [-0.2, -0.15) is 0 Å². The van der Waals surface area contributed by atoms with Gasteiger partial charge in [0.25, 0.3) is 0 Å². The molecule has 2 aromatic rings. The molecule has 0 spiro atoms. The van der Waals surface area contributed by atoms with E-state index in [0.29, 0.717) is 11.8 Å². The van der Waals surface area contributed by atoms with Gasteiger partial charge in [-0.15, -0.1) is 0 Å². The number of nitrogens with zero attached hydrogens (tertiary/aromatic N) is 1. The highest BCUT2D eigenvalue weighted by Gasteiger charge is 2.16. The van der Waals surface area contributed by atoms with Crippen molar-refractivity contribution in [3.8, 4) is 5.75 Å². The van der Waals surface area contributed by atoms with Crippen molar-refractivity contribution in [1.29, 1.82) is 0 Å². The number of phenols is 1. The van der Waals surface area contributed by atoms with Crippen molar-refractivity contribution in [1.82, 2.24) is 9.88 Å². The fourth-order valence-electron chi connectivity index (χ4n) is 3.19. The highest BCUT2D eigenvalue weighted by Crippen LogP contribution is 2.29. The molecule has 3 nitrogen and oxygen atoms in total. The molecular formula is C16H22N2O. The zero-order valence-electron chi connectivity index (χ0n) is 11.5. The Kier molecular flexibility index (Phi) is 3.47. The number of fused-ring (bicyclic) bond motifs is 1. The molecule has 0 bridgehead atoms. The molecule has 0 amide bonds. The maximum absolute atomic E-state index is 10.0. The van der Waals surface area contributed by atoms with Crippen LogP contribution >= 0.6 is 0 Å². The summed E-state index contributed by atoms with van der Waals surface area (Å²) in [6, 6.07) is 6.48. The second-order valence-electron chi connectivity index (χ2n) is 5.48. The summed E-state index contributed by atoms with van der Waals surface area (Å²) in [4.78, 5) is 0. The standard InChI is InChI=1S/C16H22N2O/c1-2-18-11-12(10-17-13-6-3-4-7-13)14-8-5-9-15(19)16(14)18/h5,8-9,11,13,17,19H,2-4,6-7,10H2,1H3. The molecule has 1 aromatic carbocycles. The Morgan fingerprint density at radius 3 is 2.84 bits per heavy atom. The Morgan fingerprint density at radius 2 is 2.11 bits per heavy atom. The van der Waals surface area contributed by atoms with E-state index in [2.05, 4.69) is 29.1 Å². The molecule has 1 heterocycles. The minimum Gasteiger partial charge on any atom is -0.506 e. The van der Waals surface area contributed by atoms with E-state index >= 15 is 0 Å². The first-order valence-corrected chi connectivity index (χ1v) is 7.32. The van der Waals surface area contributed by atoms with Gasteiger partial charge in [-0.25, -0.2) is 0 Å². The lowest BCUT2D eigenvalue weighted by molar-refractivity contribution is 0.478. The van der Waals surface area contributed by atoms with E-state index in [1.165, 1.54) is 36.6 Å². The predicted octanol–water partition coefficient (Wildman–Crippen LogP) is 3.40. The largest absolute Gasteiger partial charge is 0.506 e. The Labute approximate surface area is 114 Å². The summed E-state index contributed by atoms with van der Waals surface area (Å²) in [6.07, 6.45) is 7.49. The third kappa shape index (κ3) is 2.35. The van der Waals surface area contributed by atoms with Crippen molar-refractivity contribution in [2.24, 2.45) is 0 Å². The summed E-state index contributed by atoms with van der Waals surface area (Å²) in [5.41, 5.74) is 2.26. The average Bonchev–Trinajstić information content (AvgIpc) is 3.04. The normalized spacial score (nSPS) is 16.5. The molecule has 1 saturated carbocycles. The summed E-state index contributed by atoms with van der Waals surface area (Å²) >= 11 is 0. The maximum Gasteiger partial charge on any atom is 0.139 e. The van der Waals surface area contributed by atoms with Gasteiger partial charge in [0.2, 0.25) is 0 Å². The number of hydrogen-bond acceptors (Lipinski definition) is 2. The minimum absolute atomic E-state index is 0.381. The van der Waals surface area contributed by atoms with Crippen LogP contribution in [0.3, 0.4) is 0 Å². The van der Waals surface area contributed by atoms with Gasteiger partial charge in [-0.05, 0) is 31.4 Å². The lowest BCUT2D eigenvalue weighted by atomic mass is 10.1. The van der Waals surface area contributed by atoms with E-state index in [1.807, 2.05) is 6.07 Å². The van der Waals surface area contributed by atoms with E-state index in [-0.39, 0.29) is 0 Å². The average molecular weight is 258 g/mol. The molecule has 102 valence electrons. The van der Waals surface area contributed by atoms with Crippen LogP contribution in [-0.2, 0) is 13.1 Å². The number of para-hydroxylation sites is 1. The molecule has 0 aliphatic heterocycles. The lowest BCUT2D eigenvalue weighted by Gasteiger charge is -2.10. The Balaban J connectivity index is 1.88. The van der Waals surface area contributed by atoms with E-state index in [0.717, 1.165) is 18.6 Å². The number of nitrogens with one attached hydrogen (secondary N) is 1. The van der Waals surface area contributed by atoms with E-state index in [9.17, 15) is 5.11 Å². The van der Waals surface area contributed by atoms with Crippen LogP contribution in [0.15, 0.2) is 24.4 Å². The second kappa shape index (κ2) is 5.25. The molecule has 0 radical (unpaired) electrons. The Hall–Kier alpha value is -1.48. The monoisotopic (exact) mass is 258 g/mol. The third-order valence-corrected chi connectivity index (χ3v) is 4.24.